The Kier molecular flexibility index (Phi) is 7.30. The average Bonchev–Trinajstić information content (AvgIpc) is 2.79. The molecule has 0 aliphatic carbocycles. The first-order valence-corrected chi connectivity index (χ1v) is 11.5. The van der Waals surface area contributed by atoms with E-state index in [0.29, 0.717) is 29.9 Å². The summed E-state index contributed by atoms with van der Waals surface area (Å²) in [7, 11) is 0. The molecule has 0 saturated carbocycles. The number of carbonyl (C=O) groups is 1. The highest BCUT2D eigenvalue weighted by molar-refractivity contribution is 6.33. The number of halogens is 1. The largest absolute Gasteiger partial charge is 0.385 e. The molecule has 0 spiro atoms. The van der Waals surface area contributed by atoms with Crippen molar-refractivity contribution < 1.29 is 14.3 Å². The van der Waals surface area contributed by atoms with Gasteiger partial charge in [0.1, 0.15) is 11.9 Å². The molecule has 2 saturated heterocycles. The van der Waals surface area contributed by atoms with E-state index in [-0.39, 0.29) is 11.5 Å². The molecule has 2 aliphatic rings. The number of rotatable bonds is 6. The van der Waals surface area contributed by atoms with Crippen LogP contribution in [0.2, 0.25) is 5.02 Å². The number of nitrogens with one attached hydrogen (secondary N) is 3. The normalized spacial score (nSPS) is 22.8. The highest BCUT2D eigenvalue weighted by Gasteiger charge is 2.28. The van der Waals surface area contributed by atoms with Crippen molar-refractivity contribution in [1.82, 2.24) is 10.3 Å². The zero-order valence-electron chi connectivity index (χ0n) is 18.6. The molecule has 0 radical (unpaired) electrons. The van der Waals surface area contributed by atoms with E-state index in [1.54, 1.807) is 12.3 Å². The highest BCUT2D eigenvalue weighted by Crippen LogP contribution is 2.32. The van der Waals surface area contributed by atoms with Gasteiger partial charge in [0, 0.05) is 43.7 Å². The fraction of sp³-hybridized carbons (Fsp3) is 0.500. The number of pyridine rings is 1. The molecule has 4 rings (SSSR count). The van der Waals surface area contributed by atoms with Crippen LogP contribution in [-0.4, -0.2) is 55.4 Å². The van der Waals surface area contributed by atoms with Gasteiger partial charge in [-0.1, -0.05) is 23.7 Å². The minimum absolute atomic E-state index is 0.0590. The first kappa shape index (κ1) is 23.0. The van der Waals surface area contributed by atoms with Gasteiger partial charge in [-0.25, -0.2) is 4.98 Å². The summed E-state index contributed by atoms with van der Waals surface area (Å²) < 4.78 is 11.3. The molecular weight excluding hydrogens is 428 g/mol. The van der Waals surface area contributed by atoms with Crippen LogP contribution in [0.5, 0.6) is 0 Å². The lowest BCUT2D eigenvalue weighted by Crippen LogP contribution is -2.45. The Balaban J connectivity index is 1.43. The number of amides is 1. The summed E-state index contributed by atoms with van der Waals surface area (Å²) >= 11 is 6.45. The van der Waals surface area contributed by atoms with Gasteiger partial charge in [-0.15, -0.1) is 0 Å². The summed E-state index contributed by atoms with van der Waals surface area (Å²) in [6, 6.07) is 9.94. The Bertz CT molecular complexity index is 947. The Hall–Kier alpha value is -2.19. The van der Waals surface area contributed by atoms with E-state index in [1.165, 1.54) is 0 Å². The van der Waals surface area contributed by atoms with E-state index < -0.39 is 6.10 Å². The van der Waals surface area contributed by atoms with Gasteiger partial charge < -0.3 is 25.4 Å². The second kappa shape index (κ2) is 10.2. The van der Waals surface area contributed by atoms with Crippen molar-refractivity contribution in [2.75, 3.05) is 43.5 Å². The summed E-state index contributed by atoms with van der Waals surface area (Å²) in [5.41, 5.74) is 2.75. The lowest BCUT2D eigenvalue weighted by Gasteiger charge is -2.35. The van der Waals surface area contributed by atoms with E-state index >= 15 is 0 Å². The van der Waals surface area contributed by atoms with Gasteiger partial charge in [0.05, 0.1) is 17.2 Å². The van der Waals surface area contributed by atoms with Crippen molar-refractivity contribution in [3.05, 3.63) is 41.6 Å². The third kappa shape index (κ3) is 5.98. The predicted molar refractivity (Wildman–Crippen MR) is 127 cm³/mol. The minimum Gasteiger partial charge on any atom is -0.385 e. The summed E-state index contributed by atoms with van der Waals surface area (Å²) in [6.07, 6.45) is 3.15. The zero-order valence-corrected chi connectivity index (χ0v) is 19.4. The summed E-state index contributed by atoms with van der Waals surface area (Å²) in [4.78, 5) is 16.7. The van der Waals surface area contributed by atoms with Crippen molar-refractivity contribution in [2.45, 2.75) is 38.4 Å². The third-order valence-corrected chi connectivity index (χ3v) is 6.20. The second-order valence-corrected chi connectivity index (χ2v) is 9.44. The molecule has 2 aromatic rings. The van der Waals surface area contributed by atoms with E-state index in [9.17, 15) is 4.79 Å². The first-order valence-electron chi connectivity index (χ1n) is 11.2. The molecule has 0 unspecified atom stereocenters. The molecule has 3 heterocycles. The fourth-order valence-electron chi connectivity index (χ4n) is 4.26. The highest BCUT2D eigenvalue weighted by atomic mass is 35.5. The van der Waals surface area contributed by atoms with Crippen molar-refractivity contribution in [2.24, 2.45) is 5.92 Å². The number of ether oxygens (including phenoxy) is 2. The zero-order chi connectivity index (χ0) is 22.6. The van der Waals surface area contributed by atoms with Gasteiger partial charge in [-0.05, 0) is 56.4 Å². The van der Waals surface area contributed by atoms with Crippen LogP contribution in [0.1, 0.15) is 26.7 Å². The Morgan fingerprint density at radius 3 is 2.97 bits per heavy atom. The van der Waals surface area contributed by atoms with Crippen LogP contribution in [-0.2, 0) is 14.3 Å². The number of nitrogens with zero attached hydrogens (tertiary/aromatic N) is 1. The van der Waals surface area contributed by atoms with Crippen molar-refractivity contribution in [3.63, 3.8) is 0 Å². The lowest BCUT2D eigenvalue weighted by molar-refractivity contribution is -0.128. The lowest BCUT2D eigenvalue weighted by atomic mass is 9.88. The van der Waals surface area contributed by atoms with Crippen LogP contribution < -0.4 is 16.0 Å². The van der Waals surface area contributed by atoms with Crippen molar-refractivity contribution in [3.8, 4) is 11.1 Å². The third-order valence-electron chi connectivity index (χ3n) is 5.89. The molecule has 172 valence electrons. The van der Waals surface area contributed by atoms with Crippen LogP contribution in [0, 0.1) is 5.92 Å². The average molecular weight is 459 g/mol. The van der Waals surface area contributed by atoms with Gasteiger partial charge in [-0.3, -0.25) is 4.79 Å². The molecule has 1 amide bonds. The fourth-order valence-corrected chi connectivity index (χ4v) is 4.47. The van der Waals surface area contributed by atoms with E-state index in [4.69, 9.17) is 21.1 Å². The standard InChI is InChI=1S/C24H31ClN4O3/c1-24(2)12-16(6-8-32-24)13-27-18-5-3-4-17(10-18)19-11-22(28-14-20(19)25)29-23(30)21-15-26-7-9-31-21/h3-5,10-11,14,16,21,26-27H,6-9,12-13,15H2,1-2H3,(H,28,29,30)/t16-,21-/m1/s1. The maximum Gasteiger partial charge on any atom is 0.255 e. The molecule has 7 nitrogen and oxygen atoms in total. The van der Waals surface area contributed by atoms with Gasteiger partial charge >= 0.3 is 0 Å². The Labute approximate surface area is 194 Å². The van der Waals surface area contributed by atoms with Crippen LogP contribution in [0.3, 0.4) is 0 Å². The smallest absolute Gasteiger partial charge is 0.255 e. The topological polar surface area (TPSA) is 84.5 Å². The molecule has 0 bridgehead atoms. The number of aromatic nitrogens is 1. The van der Waals surface area contributed by atoms with Gasteiger partial charge in [-0.2, -0.15) is 0 Å². The number of hydrogen-bond acceptors (Lipinski definition) is 6. The number of benzene rings is 1. The number of carbonyl (C=O) groups excluding carboxylic acids is 1. The maximum absolute atomic E-state index is 12.5. The predicted octanol–water partition coefficient (Wildman–Crippen LogP) is 3.95. The molecule has 1 aromatic carbocycles. The molecule has 2 aliphatic heterocycles. The van der Waals surface area contributed by atoms with Gasteiger partial charge in [0.15, 0.2) is 0 Å². The Morgan fingerprint density at radius 1 is 1.31 bits per heavy atom. The first-order chi connectivity index (χ1) is 15.4. The van der Waals surface area contributed by atoms with E-state index in [0.717, 1.165) is 49.4 Å². The molecule has 8 heteroatoms. The quantitative estimate of drug-likeness (QED) is 0.608. The summed E-state index contributed by atoms with van der Waals surface area (Å²) in [5.74, 6) is 0.810. The van der Waals surface area contributed by atoms with E-state index in [1.807, 2.05) is 12.1 Å². The molecule has 3 N–H and O–H groups in total. The maximum atomic E-state index is 12.5. The molecule has 2 fully saturated rings. The van der Waals surface area contributed by atoms with E-state index in [2.05, 4.69) is 46.9 Å². The van der Waals surface area contributed by atoms with Crippen molar-refractivity contribution >= 4 is 29.0 Å². The van der Waals surface area contributed by atoms with Gasteiger partial charge in [0.2, 0.25) is 0 Å². The molecule has 32 heavy (non-hydrogen) atoms. The SMILES string of the molecule is CC1(C)C[C@H](CNc2cccc(-c3cc(NC(=O)[C@H]4CNCCO4)ncc3Cl)c2)CCO1. The second-order valence-electron chi connectivity index (χ2n) is 9.03. The molecule has 1 aromatic heterocycles. The van der Waals surface area contributed by atoms with Crippen LogP contribution >= 0.6 is 11.6 Å². The molecular formula is C24H31ClN4O3. The van der Waals surface area contributed by atoms with Crippen LogP contribution in [0.25, 0.3) is 11.1 Å². The Morgan fingerprint density at radius 2 is 2.19 bits per heavy atom. The van der Waals surface area contributed by atoms with Crippen molar-refractivity contribution in [1.29, 1.82) is 0 Å². The number of anilines is 2. The molecule has 2 atom stereocenters. The number of morpholine rings is 1. The monoisotopic (exact) mass is 458 g/mol. The number of hydrogen-bond donors (Lipinski definition) is 3. The minimum atomic E-state index is -0.521. The summed E-state index contributed by atoms with van der Waals surface area (Å²) in [6.45, 7) is 7.77. The van der Waals surface area contributed by atoms with Crippen LogP contribution in [0.4, 0.5) is 11.5 Å². The van der Waals surface area contributed by atoms with Crippen LogP contribution in [0.15, 0.2) is 36.5 Å². The summed E-state index contributed by atoms with van der Waals surface area (Å²) in [5, 5.41) is 10.1. The van der Waals surface area contributed by atoms with Gasteiger partial charge in [0.25, 0.3) is 5.91 Å².